The van der Waals surface area contributed by atoms with Crippen LogP contribution in [0.1, 0.15) is 29.1 Å². The van der Waals surface area contributed by atoms with Crippen LogP contribution in [0.2, 0.25) is 0 Å². The number of fused-ring (bicyclic) bond motifs is 2. The highest BCUT2D eigenvalue weighted by Gasteiger charge is 2.32. The summed E-state index contributed by atoms with van der Waals surface area (Å²) in [7, 11) is 0. The minimum atomic E-state index is -0.137. The first-order valence-electron chi connectivity index (χ1n) is 8.87. The average Bonchev–Trinajstić information content (AvgIpc) is 3.32. The number of para-hydroxylation sites is 1. The van der Waals surface area contributed by atoms with Crippen molar-refractivity contribution in [2.75, 3.05) is 6.54 Å². The Morgan fingerprint density at radius 1 is 1.04 bits per heavy atom. The molecule has 0 unspecified atom stereocenters. The minimum absolute atomic E-state index is 0.0267. The molecule has 0 saturated heterocycles. The molecule has 4 aromatic rings. The molecule has 0 N–H and O–H groups in total. The van der Waals surface area contributed by atoms with Gasteiger partial charge in [-0.25, -0.2) is 4.98 Å². The van der Waals surface area contributed by atoms with Crippen molar-refractivity contribution in [3.8, 4) is 10.8 Å². The van der Waals surface area contributed by atoms with Crippen LogP contribution in [0.3, 0.4) is 0 Å². The van der Waals surface area contributed by atoms with E-state index in [1.54, 1.807) is 11.3 Å². The number of aromatic nitrogens is 4. The second kappa shape index (κ2) is 6.28. The summed E-state index contributed by atoms with van der Waals surface area (Å²) in [6.07, 6.45) is 0. The number of hydrogen-bond acceptors (Lipinski definition) is 5. The van der Waals surface area contributed by atoms with E-state index in [9.17, 15) is 4.79 Å². The predicted molar refractivity (Wildman–Crippen MR) is 105 cm³/mol. The maximum atomic E-state index is 12.9. The van der Waals surface area contributed by atoms with E-state index in [-0.39, 0.29) is 11.9 Å². The summed E-state index contributed by atoms with van der Waals surface area (Å²) in [5.41, 5.74) is 1.67. The summed E-state index contributed by atoms with van der Waals surface area (Å²) in [6, 6.07) is 17.3. The van der Waals surface area contributed by atoms with E-state index in [0.29, 0.717) is 18.7 Å². The highest BCUT2D eigenvalue weighted by molar-refractivity contribution is 7.21. The van der Waals surface area contributed by atoms with Gasteiger partial charge in [0.25, 0.3) is 5.91 Å². The van der Waals surface area contributed by atoms with Crippen molar-refractivity contribution in [2.24, 2.45) is 0 Å². The van der Waals surface area contributed by atoms with E-state index >= 15 is 0 Å². The van der Waals surface area contributed by atoms with Crippen molar-refractivity contribution in [1.82, 2.24) is 24.6 Å². The number of carbonyl (C=O) groups excluding carboxylic acids is 1. The van der Waals surface area contributed by atoms with Gasteiger partial charge in [0.05, 0.1) is 16.3 Å². The number of nitrogens with zero attached hydrogens (tertiary/aromatic N) is 5. The molecule has 27 heavy (non-hydrogen) atoms. The van der Waals surface area contributed by atoms with Gasteiger partial charge >= 0.3 is 0 Å². The van der Waals surface area contributed by atoms with Gasteiger partial charge in [0.1, 0.15) is 0 Å². The van der Waals surface area contributed by atoms with Gasteiger partial charge in [0.15, 0.2) is 16.7 Å². The summed E-state index contributed by atoms with van der Waals surface area (Å²) in [6.45, 7) is 3.29. The van der Waals surface area contributed by atoms with E-state index in [1.165, 1.54) is 0 Å². The minimum Gasteiger partial charge on any atom is -0.327 e. The molecule has 2 aromatic heterocycles. The van der Waals surface area contributed by atoms with Crippen molar-refractivity contribution in [3.05, 3.63) is 66.0 Å². The van der Waals surface area contributed by atoms with E-state index in [0.717, 1.165) is 26.9 Å². The molecule has 1 amide bonds. The first-order valence-corrected chi connectivity index (χ1v) is 9.69. The highest BCUT2D eigenvalue weighted by Crippen LogP contribution is 2.33. The molecule has 0 radical (unpaired) electrons. The van der Waals surface area contributed by atoms with Crippen molar-refractivity contribution < 1.29 is 4.79 Å². The van der Waals surface area contributed by atoms with Crippen LogP contribution in [0.4, 0.5) is 0 Å². The summed E-state index contributed by atoms with van der Waals surface area (Å²) < 4.78 is 3.23. The van der Waals surface area contributed by atoms with E-state index in [1.807, 2.05) is 60.4 Å². The fourth-order valence-electron chi connectivity index (χ4n) is 3.54. The number of amides is 1. The predicted octanol–water partition coefficient (Wildman–Crippen LogP) is 3.77. The maximum Gasteiger partial charge on any atom is 0.254 e. The third kappa shape index (κ3) is 2.62. The van der Waals surface area contributed by atoms with Crippen molar-refractivity contribution in [2.45, 2.75) is 19.5 Å². The lowest BCUT2D eigenvalue weighted by molar-refractivity contribution is 0.0638. The number of carbonyl (C=O) groups is 1. The number of benzene rings is 2. The van der Waals surface area contributed by atoms with E-state index < -0.39 is 0 Å². The van der Waals surface area contributed by atoms with Gasteiger partial charge in [0.2, 0.25) is 0 Å². The zero-order valence-corrected chi connectivity index (χ0v) is 15.6. The third-order valence-electron chi connectivity index (χ3n) is 4.95. The second-order valence-corrected chi connectivity index (χ2v) is 7.59. The lowest BCUT2D eigenvalue weighted by atomic mass is 10.1. The van der Waals surface area contributed by atoms with Gasteiger partial charge in [-0.2, -0.15) is 0 Å². The smallest absolute Gasteiger partial charge is 0.254 e. The van der Waals surface area contributed by atoms with Crippen LogP contribution in [0, 0.1) is 0 Å². The van der Waals surface area contributed by atoms with Crippen LogP contribution in [0.25, 0.3) is 21.0 Å². The number of hydrogen-bond donors (Lipinski definition) is 0. The fourth-order valence-corrected chi connectivity index (χ4v) is 4.49. The molecular formula is C20H17N5OS. The third-order valence-corrected chi connectivity index (χ3v) is 5.98. The van der Waals surface area contributed by atoms with Crippen molar-refractivity contribution in [1.29, 1.82) is 0 Å². The Kier molecular flexibility index (Phi) is 3.75. The number of rotatable bonds is 2. The first kappa shape index (κ1) is 16.1. The van der Waals surface area contributed by atoms with Gasteiger partial charge in [-0.05, 0) is 31.2 Å². The molecule has 1 aliphatic heterocycles. The van der Waals surface area contributed by atoms with Crippen LogP contribution in [-0.2, 0) is 6.54 Å². The Morgan fingerprint density at radius 2 is 1.81 bits per heavy atom. The zero-order valence-electron chi connectivity index (χ0n) is 14.7. The molecule has 0 saturated carbocycles. The topological polar surface area (TPSA) is 63.9 Å². The average molecular weight is 375 g/mol. The quantitative estimate of drug-likeness (QED) is 0.535. The molecule has 5 rings (SSSR count). The van der Waals surface area contributed by atoms with Crippen LogP contribution in [0.15, 0.2) is 54.6 Å². The Balaban J connectivity index is 1.49. The molecule has 0 aliphatic carbocycles. The standard InChI is InChI=1S/C20H17N5OS/c1-13-17-22-23-18(19-21-15-9-5-6-10-16(15)27-19)25(17)12-11-24(13)20(26)14-7-3-2-4-8-14/h2-10,13H,11-12H2,1H3/t13-/m1/s1. The second-order valence-electron chi connectivity index (χ2n) is 6.56. The Bertz CT molecular complexity index is 1100. The summed E-state index contributed by atoms with van der Waals surface area (Å²) in [5.74, 6) is 1.61. The Labute approximate surface area is 160 Å². The zero-order chi connectivity index (χ0) is 18.4. The molecule has 0 spiro atoms. The van der Waals surface area contributed by atoms with Crippen molar-refractivity contribution >= 4 is 27.5 Å². The molecule has 0 fully saturated rings. The molecule has 134 valence electrons. The van der Waals surface area contributed by atoms with Crippen LogP contribution in [0.5, 0.6) is 0 Å². The van der Waals surface area contributed by atoms with E-state index in [4.69, 9.17) is 4.98 Å². The lowest BCUT2D eigenvalue weighted by Gasteiger charge is -2.33. The first-order chi connectivity index (χ1) is 13.2. The summed E-state index contributed by atoms with van der Waals surface area (Å²) in [4.78, 5) is 19.4. The Hall–Kier alpha value is -3.06. The van der Waals surface area contributed by atoms with Crippen molar-refractivity contribution in [3.63, 3.8) is 0 Å². The maximum absolute atomic E-state index is 12.9. The molecule has 1 atom stereocenters. The Morgan fingerprint density at radius 3 is 2.63 bits per heavy atom. The molecule has 6 nitrogen and oxygen atoms in total. The molecule has 3 heterocycles. The summed E-state index contributed by atoms with van der Waals surface area (Å²) in [5, 5.41) is 9.67. The van der Waals surface area contributed by atoms with Gasteiger partial charge < -0.3 is 9.47 Å². The number of thiazole rings is 1. The largest absolute Gasteiger partial charge is 0.327 e. The SMILES string of the molecule is C[C@@H]1c2nnc(-c3nc4ccccc4s3)n2CCN1C(=O)c1ccccc1. The van der Waals surface area contributed by atoms with Gasteiger partial charge in [-0.3, -0.25) is 4.79 Å². The van der Waals surface area contributed by atoms with Gasteiger partial charge in [0, 0.05) is 18.7 Å². The molecule has 2 aromatic carbocycles. The molecule has 1 aliphatic rings. The van der Waals surface area contributed by atoms with Crippen LogP contribution in [-0.4, -0.2) is 37.1 Å². The van der Waals surface area contributed by atoms with Crippen LogP contribution >= 0.6 is 11.3 Å². The van der Waals surface area contributed by atoms with E-state index in [2.05, 4.69) is 20.8 Å². The van der Waals surface area contributed by atoms with Gasteiger partial charge in [-0.1, -0.05) is 30.3 Å². The monoisotopic (exact) mass is 375 g/mol. The lowest BCUT2D eigenvalue weighted by Crippen LogP contribution is -2.41. The molecule has 0 bridgehead atoms. The molecule has 7 heteroatoms. The fraction of sp³-hybridized carbons (Fsp3) is 0.200. The normalized spacial score (nSPS) is 16.5. The highest BCUT2D eigenvalue weighted by atomic mass is 32.1. The van der Waals surface area contributed by atoms with Gasteiger partial charge in [-0.15, -0.1) is 21.5 Å². The molecular weight excluding hydrogens is 358 g/mol. The summed E-state index contributed by atoms with van der Waals surface area (Å²) >= 11 is 1.62. The van der Waals surface area contributed by atoms with Crippen LogP contribution < -0.4 is 0 Å².